The van der Waals surface area contributed by atoms with E-state index in [2.05, 4.69) is 22.4 Å². The molecule has 5 nitrogen and oxygen atoms in total. The molecule has 0 bridgehead atoms. The van der Waals surface area contributed by atoms with Gasteiger partial charge in [-0.2, -0.15) is 5.10 Å². The quantitative estimate of drug-likeness (QED) is 0.359. The molecule has 0 aromatic heterocycles. The number of hydrogen-bond acceptors (Lipinski definition) is 4. The lowest BCUT2D eigenvalue weighted by molar-refractivity contribution is 0.402. The normalized spacial score (nSPS) is 10.0. The number of rotatable bonds is 6. The molecule has 0 spiro atoms. The van der Waals surface area contributed by atoms with Crippen molar-refractivity contribution in [1.82, 2.24) is 10.7 Å². The third-order valence-corrected chi connectivity index (χ3v) is 2.45. The van der Waals surface area contributed by atoms with E-state index in [1.165, 1.54) is 0 Å². The van der Waals surface area contributed by atoms with Gasteiger partial charge in [-0.05, 0) is 30.4 Å². The number of methoxy groups -OCH3 is 2. The second kappa shape index (κ2) is 8.10. The van der Waals surface area contributed by atoms with Gasteiger partial charge in [-0.1, -0.05) is 6.08 Å². The molecule has 0 atom stereocenters. The van der Waals surface area contributed by atoms with Crippen molar-refractivity contribution in [3.63, 3.8) is 0 Å². The zero-order valence-electron chi connectivity index (χ0n) is 11.0. The Balaban J connectivity index is 2.69. The van der Waals surface area contributed by atoms with E-state index < -0.39 is 0 Å². The van der Waals surface area contributed by atoms with E-state index in [-0.39, 0.29) is 0 Å². The molecule has 6 heteroatoms. The molecule has 2 N–H and O–H groups in total. The lowest BCUT2D eigenvalue weighted by Gasteiger charge is -2.07. The predicted molar refractivity (Wildman–Crippen MR) is 81.1 cm³/mol. The molecule has 1 rings (SSSR count). The lowest BCUT2D eigenvalue weighted by atomic mass is 10.2. The SMILES string of the molecule is C=CCNC(=S)N/N=C/c1cc(OC)ccc1OC. The van der Waals surface area contributed by atoms with Gasteiger partial charge in [0, 0.05) is 12.1 Å². The van der Waals surface area contributed by atoms with Crippen LogP contribution in [0.4, 0.5) is 0 Å². The van der Waals surface area contributed by atoms with Crippen LogP contribution >= 0.6 is 12.2 Å². The van der Waals surface area contributed by atoms with Crippen LogP contribution in [0.25, 0.3) is 0 Å². The third-order valence-electron chi connectivity index (χ3n) is 2.21. The first-order chi connectivity index (χ1) is 9.21. The molecule has 102 valence electrons. The molecule has 0 heterocycles. The average molecular weight is 279 g/mol. The standard InChI is InChI=1S/C13H17N3O2S/c1-4-7-14-13(19)16-15-9-10-8-11(17-2)5-6-12(10)18-3/h4-6,8-9H,1,7H2,2-3H3,(H2,14,16,19)/b15-9+. The van der Waals surface area contributed by atoms with E-state index in [0.29, 0.717) is 17.4 Å². The predicted octanol–water partition coefficient (Wildman–Crippen LogP) is 1.69. The molecule has 0 fully saturated rings. The van der Waals surface area contributed by atoms with E-state index in [1.807, 2.05) is 18.2 Å². The van der Waals surface area contributed by atoms with Gasteiger partial charge in [0.1, 0.15) is 11.5 Å². The number of nitrogens with zero attached hydrogens (tertiary/aromatic N) is 1. The van der Waals surface area contributed by atoms with Crippen molar-refractivity contribution in [2.45, 2.75) is 0 Å². The molecule has 0 unspecified atom stereocenters. The van der Waals surface area contributed by atoms with Crippen LogP contribution in [0.3, 0.4) is 0 Å². The highest BCUT2D eigenvalue weighted by molar-refractivity contribution is 7.80. The Bertz CT molecular complexity index is 475. The first-order valence-electron chi connectivity index (χ1n) is 5.61. The molecule has 0 saturated heterocycles. The van der Waals surface area contributed by atoms with Crippen molar-refractivity contribution in [3.05, 3.63) is 36.4 Å². The van der Waals surface area contributed by atoms with Crippen LogP contribution in [0.5, 0.6) is 11.5 Å². The van der Waals surface area contributed by atoms with E-state index in [9.17, 15) is 0 Å². The summed E-state index contributed by atoms with van der Waals surface area (Å²) in [6, 6.07) is 5.46. The summed E-state index contributed by atoms with van der Waals surface area (Å²) in [5, 5.41) is 7.36. The van der Waals surface area contributed by atoms with Gasteiger partial charge in [0.2, 0.25) is 0 Å². The van der Waals surface area contributed by atoms with Crippen LogP contribution in [-0.4, -0.2) is 32.1 Å². The second-order valence-corrected chi connectivity index (χ2v) is 3.88. The molecule has 1 aromatic rings. The van der Waals surface area contributed by atoms with Crippen LogP contribution in [-0.2, 0) is 0 Å². The molecule has 0 aliphatic carbocycles. The lowest BCUT2D eigenvalue weighted by Crippen LogP contribution is -2.31. The minimum absolute atomic E-state index is 0.429. The molecular weight excluding hydrogens is 262 g/mol. The fourth-order valence-corrected chi connectivity index (χ4v) is 1.44. The van der Waals surface area contributed by atoms with Crippen LogP contribution in [0.1, 0.15) is 5.56 Å². The molecule has 19 heavy (non-hydrogen) atoms. The fourth-order valence-electron chi connectivity index (χ4n) is 1.31. The summed E-state index contributed by atoms with van der Waals surface area (Å²) in [5.41, 5.74) is 3.49. The van der Waals surface area contributed by atoms with Gasteiger partial charge in [0.25, 0.3) is 0 Å². The number of benzene rings is 1. The Morgan fingerprint density at radius 2 is 2.21 bits per heavy atom. The first-order valence-corrected chi connectivity index (χ1v) is 6.02. The van der Waals surface area contributed by atoms with Crippen molar-refractivity contribution in [2.24, 2.45) is 5.10 Å². The van der Waals surface area contributed by atoms with E-state index >= 15 is 0 Å². The zero-order chi connectivity index (χ0) is 14.1. The van der Waals surface area contributed by atoms with Crippen LogP contribution < -0.4 is 20.2 Å². The number of nitrogens with one attached hydrogen (secondary N) is 2. The Morgan fingerprint density at radius 1 is 1.42 bits per heavy atom. The van der Waals surface area contributed by atoms with Crippen molar-refractivity contribution in [1.29, 1.82) is 0 Å². The summed E-state index contributed by atoms with van der Waals surface area (Å²) in [6.07, 6.45) is 3.33. The van der Waals surface area contributed by atoms with Gasteiger partial charge < -0.3 is 14.8 Å². The van der Waals surface area contributed by atoms with Crippen molar-refractivity contribution < 1.29 is 9.47 Å². The van der Waals surface area contributed by atoms with Gasteiger partial charge in [0.05, 0.1) is 20.4 Å². The van der Waals surface area contributed by atoms with Gasteiger partial charge in [-0.3, -0.25) is 5.43 Å². The topological polar surface area (TPSA) is 54.9 Å². The summed E-state index contributed by atoms with van der Waals surface area (Å²) in [6.45, 7) is 4.17. The summed E-state index contributed by atoms with van der Waals surface area (Å²) in [4.78, 5) is 0. The summed E-state index contributed by atoms with van der Waals surface area (Å²) in [7, 11) is 3.21. The minimum atomic E-state index is 0.429. The number of thiocarbonyl (C=S) groups is 1. The fraction of sp³-hybridized carbons (Fsp3) is 0.231. The van der Waals surface area contributed by atoms with Crippen LogP contribution in [0.2, 0.25) is 0 Å². The summed E-state index contributed by atoms with van der Waals surface area (Å²) >= 11 is 5.01. The van der Waals surface area contributed by atoms with Gasteiger partial charge in [-0.25, -0.2) is 0 Å². The highest BCUT2D eigenvalue weighted by Gasteiger charge is 2.02. The van der Waals surface area contributed by atoms with Gasteiger partial charge >= 0.3 is 0 Å². The highest BCUT2D eigenvalue weighted by atomic mass is 32.1. The molecule has 0 saturated carbocycles. The number of hydrazone groups is 1. The third kappa shape index (κ3) is 4.97. The average Bonchev–Trinajstić information content (AvgIpc) is 2.44. The zero-order valence-corrected chi connectivity index (χ0v) is 11.8. The molecule has 1 aromatic carbocycles. The maximum Gasteiger partial charge on any atom is 0.187 e. The Kier molecular flexibility index (Phi) is 6.38. The van der Waals surface area contributed by atoms with Gasteiger partial charge in [0.15, 0.2) is 5.11 Å². The smallest absolute Gasteiger partial charge is 0.187 e. The van der Waals surface area contributed by atoms with E-state index in [1.54, 1.807) is 26.5 Å². The van der Waals surface area contributed by atoms with Crippen LogP contribution in [0.15, 0.2) is 36.0 Å². The highest BCUT2D eigenvalue weighted by Crippen LogP contribution is 2.22. The maximum absolute atomic E-state index is 5.23. The number of hydrogen-bond donors (Lipinski definition) is 2. The van der Waals surface area contributed by atoms with Crippen LogP contribution in [0, 0.1) is 0 Å². The summed E-state index contributed by atoms with van der Waals surface area (Å²) < 4.78 is 10.4. The Morgan fingerprint density at radius 3 is 2.84 bits per heavy atom. The Labute approximate surface area is 118 Å². The summed E-state index contributed by atoms with van der Waals surface area (Å²) in [5.74, 6) is 1.44. The largest absolute Gasteiger partial charge is 0.497 e. The molecule has 0 radical (unpaired) electrons. The first kappa shape index (κ1) is 15.0. The van der Waals surface area contributed by atoms with Crippen molar-refractivity contribution in [3.8, 4) is 11.5 Å². The molecule has 0 aliphatic heterocycles. The van der Waals surface area contributed by atoms with Gasteiger partial charge in [-0.15, -0.1) is 6.58 Å². The second-order valence-electron chi connectivity index (χ2n) is 3.48. The van der Waals surface area contributed by atoms with Crippen molar-refractivity contribution in [2.75, 3.05) is 20.8 Å². The molecular formula is C13H17N3O2S. The maximum atomic E-state index is 5.23. The Hall–Kier alpha value is -2.08. The number of ether oxygens (including phenoxy) is 2. The molecule has 0 amide bonds. The van der Waals surface area contributed by atoms with E-state index in [0.717, 1.165) is 11.3 Å². The van der Waals surface area contributed by atoms with E-state index in [4.69, 9.17) is 21.7 Å². The minimum Gasteiger partial charge on any atom is -0.497 e. The monoisotopic (exact) mass is 279 g/mol. The molecule has 0 aliphatic rings. The van der Waals surface area contributed by atoms with Crippen molar-refractivity contribution >= 4 is 23.5 Å².